The molecule has 0 spiro atoms. The first kappa shape index (κ1) is 15.5. The Labute approximate surface area is 126 Å². The molecule has 1 aromatic carbocycles. The van der Waals surface area contributed by atoms with Gasteiger partial charge >= 0.3 is 0 Å². The normalized spacial score (nSPS) is 15.5. The van der Waals surface area contributed by atoms with Crippen LogP contribution in [0.25, 0.3) is 0 Å². The SMILES string of the molecule is CN=C(NCCC1=CCCCC1)NCc1ccccc1F. The molecular formula is C17H24FN3. The van der Waals surface area contributed by atoms with E-state index < -0.39 is 0 Å². The fraction of sp³-hybridized carbons (Fsp3) is 0.471. The fourth-order valence-electron chi connectivity index (χ4n) is 2.51. The summed E-state index contributed by atoms with van der Waals surface area (Å²) in [6.45, 7) is 1.30. The Bertz CT molecular complexity index is 509. The van der Waals surface area contributed by atoms with Gasteiger partial charge in [-0.1, -0.05) is 29.8 Å². The zero-order valence-electron chi connectivity index (χ0n) is 12.7. The molecule has 0 saturated carbocycles. The van der Waals surface area contributed by atoms with Crippen molar-refractivity contribution in [2.75, 3.05) is 13.6 Å². The summed E-state index contributed by atoms with van der Waals surface area (Å²) in [6, 6.07) is 6.79. The maximum Gasteiger partial charge on any atom is 0.191 e. The van der Waals surface area contributed by atoms with E-state index in [1.54, 1.807) is 24.8 Å². The van der Waals surface area contributed by atoms with Gasteiger partial charge in [0.05, 0.1) is 0 Å². The maximum atomic E-state index is 13.5. The highest BCUT2D eigenvalue weighted by atomic mass is 19.1. The Morgan fingerprint density at radius 2 is 2.10 bits per heavy atom. The van der Waals surface area contributed by atoms with Gasteiger partial charge in [-0.2, -0.15) is 0 Å². The van der Waals surface area contributed by atoms with Gasteiger partial charge in [-0.3, -0.25) is 4.99 Å². The molecule has 3 nitrogen and oxygen atoms in total. The van der Waals surface area contributed by atoms with Crippen LogP contribution in [0.1, 0.15) is 37.7 Å². The van der Waals surface area contributed by atoms with Crippen molar-refractivity contribution in [3.8, 4) is 0 Å². The second-order valence-electron chi connectivity index (χ2n) is 5.30. The van der Waals surface area contributed by atoms with Gasteiger partial charge in [0.2, 0.25) is 0 Å². The molecule has 0 amide bonds. The molecule has 2 rings (SSSR count). The predicted octanol–water partition coefficient (Wildman–Crippen LogP) is 3.38. The molecule has 0 saturated heterocycles. The van der Waals surface area contributed by atoms with Crippen molar-refractivity contribution in [3.05, 3.63) is 47.3 Å². The molecule has 0 aliphatic heterocycles. The smallest absolute Gasteiger partial charge is 0.191 e. The van der Waals surface area contributed by atoms with E-state index in [1.165, 1.54) is 31.7 Å². The summed E-state index contributed by atoms with van der Waals surface area (Å²) in [7, 11) is 1.73. The molecule has 0 atom stereocenters. The van der Waals surface area contributed by atoms with Crippen LogP contribution in [-0.4, -0.2) is 19.6 Å². The Morgan fingerprint density at radius 3 is 2.81 bits per heavy atom. The molecule has 21 heavy (non-hydrogen) atoms. The number of rotatable bonds is 5. The zero-order valence-corrected chi connectivity index (χ0v) is 12.7. The monoisotopic (exact) mass is 289 g/mol. The van der Waals surface area contributed by atoms with Crippen molar-refractivity contribution in [1.29, 1.82) is 0 Å². The Morgan fingerprint density at radius 1 is 1.24 bits per heavy atom. The van der Waals surface area contributed by atoms with Crippen LogP contribution < -0.4 is 10.6 Å². The Hall–Kier alpha value is -1.84. The van der Waals surface area contributed by atoms with E-state index in [4.69, 9.17) is 0 Å². The van der Waals surface area contributed by atoms with Gasteiger partial charge in [0.25, 0.3) is 0 Å². The fourth-order valence-corrected chi connectivity index (χ4v) is 2.51. The lowest BCUT2D eigenvalue weighted by molar-refractivity contribution is 0.604. The summed E-state index contributed by atoms with van der Waals surface area (Å²) in [5, 5.41) is 6.43. The zero-order chi connectivity index (χ0) is 14.9. The van der Waals surface area contributed by atoms with E-state index in [0.29, 0.717) is 12.1 Å². The quantitative estimate of drug-likeness (QED) is 0.495. The van der Waals surface area contributed by atoms with Crippen molar-refractivity contribution in [3.63, 3.8) is 0 Å². The lowest BCUT2D eigenvalue weighted by atomic mass is 9.97. The van der Waals surface area contributed by atoms with E-state index in [9.17, 15) is 4.39 Å². The van der Waals surface area contributed by atoms with Gasteiger partial charge in [-0.05, 0) is 38.2 Å². The van der Waals surface area contributed by atoms with Crippen molar-refractivity contribution >= 4 is 5.96 Å². The largest absolute Gasteiger partial charge is 0.356 e. The average molecular weight is 289 g/mol. The highest BCUT2D eigenvalue weighted by molar-refractivity contribution is 5.79. The molecule has 4 heteroatoms. The van der Waals surface area contributed by atoms with Crippen LogP contribution in [0.15, 0.2) is 40.9 Å². The topological polar surface area (TPSA) is 36.4 Å². The summed E-state index contributed by atoms with van der Waals surface area (Å²) in [6.07, 6.45) is 8.49. The highest BCUT2D eigenvalue weighted by Crippen LogP contribution is 2.19. The van der Waals surface area contributed by atoms with E-state index in [1.807, 2.05) is 6.07 Å². The predicted molar refractivity (Wildman–Crippen MR) is 85.8 cm³/mol. The average Bonchev–Trinajstić information content (AvgIpc) is 2.53. The van der Waals surface area contributed by atoms with Gasteiger partial charge in [-0.25, -0.2) is 4.39 Å². The van der Waals surface area contributed by atoms with Crippen LogP contribution in [0.4, 0.5) is 4.39 Å². The van der Waals surface area contributed by atoms with Crippen LogP contribution in [0.3, 0.4) is 0 Å². The first-order valence-corrected chi connectivity index (χ1v) is 7.65. The minimum absolute atomic E-state index is 0.187. The molecule has 0 unspecified atom stereocenters. The molecule has 0 bridgehead atoms. The third kappa shape index (κ3) is 5.21. The molecule has 1 aliphatic carbocycles. The van der Waals surface area contributed by atoms with Crippen molar-refractivity contribution < 1.29 is 4.39 Å². The molecule has 0 fully saturated rings. The van der Waals surface area contributed by atoms with Crippen LogP contribution in [0.5, 0.6) is 0 Å². The van der Waals surface area contributed by atoms with Crippen LogP contribution in [-0.2, 0) is 6.54 Å². The molecular weight excluding hydrogens is 265 g/mol. The molecule has 0 heterocycles. The maximum absolute atomic E-state index is 13.5. The van der Waals surface area contributed by atoms with Crippen LogP contribution in [0, 0.1) is 5.82 Å². The minimum atomic E-state index is -0.187. The van der Waals surface area contributed by atoms with E-state index >= 15 is 0 Å². The first-order valence-electron chi connectivity index (χ1n) is 7.65. The third-order valence-corrected chi connectivity index (χ3v) is 3.75. The highest BCUT2D eigenvalue weighted by Gasteiger charge is 2.05. The lowest BCUT2D eigenvalue weighted by Crippen LogP contribution is -2.37. The molecule has 0 radical (unpaired) electrons. The third-order valence-electron chi connectivity index (χ3n) is 3.75. The molecule has 1 aliphatic rings. The van der Waals surface area contributed by atoms with Crippen molar-refractivity contribution in [2.45, 2.75) is 38.6 Å². The van der Waals surface area contributed by atoms with Gasteiger partial charge < -0.3 is 10.6 Å². The van der Waals surface area contributed by atoms with E-state index in [-0.39, 0.29) is 5.82 Å². The molecule has 114 valence electrons. The van der Waals surface area contributed by atoms with Gasteiger partial charge in [0, 0.05) is 25.7 Å². The number of guanidine groups is 1. The summed E-state index contributed by atoms with van der Waals surface area (Å²) in [5.74, 6) is 0.530. The second-order valence-corrected chi connectivity index (χ2v) is 5.30. The van der Waals surface area contributed by atoms with Crippen molar-refractivity contribution in [2.24, 2.45) is 4.99 Å². The number of hydrogen-bond acceptors (Lipinski definition) is 1. The molecule has 2 N–H and O–H groups in total. The Kier molecular flexibility index (Phi) is 6.25. The summed E-state index contributed by atoms with van der Waals surface area (Å²) in [4.78, 5) is 4.17. The minimum Gasteiger partial charge on any atom is -0.356 e. The van der Waals surface area contributed by atoms with Gasteiger partial charge in [0.15, 0.2) is 5.96 Å². The number of nitrogens with one attached hydrogen (secondary N) is 2. The van der Waals surface area contributed by atoms with Crippen molar-refractivity contribution in [1.82, 2.24) is 10.6 Å². The van der Waals surface area contributed by atoms with Crippen LogP contribution in [0.2, 0.25) is 0 Å². The molecule has 1 aromatic rings. The Balaban J connectivity index is 1.73. The summed E-state index contributed by atoms with van der Waals surface area (Å²) in [5.41, 5.74) is 2.19. The number of aliphatic imine (C=N–C) groups is 1. The number of nitrogens with zero attached hydrogens (tertiary/aromatic N) is 1. The number of hydrogen-bond donors (Lipinski definition) is 2. The number of halogens is 1. The second kappa shape index (κ2) is 8.45. The van der Waals surface area contributed by atoms with E-state index in [2.05, 4.69) is 21.7 Å². The lowest BCUT2D eigenvalue weighted by Gasteiger charge is -2.15. The molecule has 0 aromatic heterocycles. The van der Waals surface area contributed by atoms with Crippen LogP contribution >= 0.6 is 0 Å². The summed E-state index contributed by atoms with van der Waals surface area (Å²) >= 11 is 0. The van der Waals surface area contributed by atoms with Gasteiger partial charge in [-0.15, -0.1) is 0 Å². The standard InChI is InChI=1S/C17H24FN3/c1-19-17(20-12-11-14-7-3-2-4-8-14)21-13-15-9-5-6-10-16(15)18/h5-7,9-10H,2-4,8,11-13H2,1H3,(H2,19,20,21). The van der Waals surface area contributed by atoms with Gasteiger partial charge in [0.1, 0.15) is 5.82 Å². The van der Waals surface area contributed by atoms with E-state index in [0.717, 1.165) is 18.9 Å². The number of benzene rings is 1. The summed E-state index contributed by atoms with van der Waals surface area (Å²) < 4.78 is 13.5. The first-order chi connectivity index (χ1) is 10.3. The number of allylic oxidation sites excluding steroid dienone is 1.